The number of rotatable bonds is 9. The highest BCUT2D eigenvalue weighted by Gasteiger charge is 2.27. The second-order valence-corrected chi connectivity index (χ2v) is 6.24. The molecule has 1 aromatic rings. The monoisotopic (exact) mass is 394 g/mol. The Bertz CT molecular complexity index is 609. The maximum atomic E-state index is 11.7. The van der Waals surface area contributed by atoms with Crippen LogP contribution in [0.1, 0.15) is 31.4 Å². The molecule has 0 radical (unpaired) electrons. The number of amides is 1. The molecule has 2 atom stereocenters. The second-order valence-electron chi connectivity index (χ2n) is 5.14. The number of aliphatic hydroxyl groups is 1. The number of nitro groups is 1. The van der Waals surface area contributed by atoms with Gasteiger partial charge in [-0.3, -0.25) is 19.7 Å². The molecule has 138 valence electrons. The van der Waals surface area contributed by atoms with E-state index < -0.39 is 33.8 Å². The fourth-order valence-corrected chi connectivity index (χ4v) is 2.07. The zero-order valence-corrected chi connectivity index (χ0v) is 14.9. The van der Waals surface area contributed by atoms with E-state index in [1.54, 1.807) is 6.92 Å². The van der Waals surface area contributed by atoms with E-state index in [4.69, 9.17) is 27.9 Å². The molecule has 0 saturated carbocycles. The second kappa shape index (κ2) is 10.2. The number of halogens is 2. The summed E-state index contributed by atoms with van der Waals surface area (Å²) >= 11 is 11.0. The summed E-state index contributed by atoms with van der Waals surface area (Å²) in [6, 6.07) is 4.09. The minimum Gasteiger partial charge on any atom is -0.463 e. The summed E-state index contributed by atoms with van der Waals surface area (Å²) in [5, 5.41) is 23.5. The van der Waals surface area contributed by atoms with Crippen LogP contribution in [0.15, 0.2) is 24.3 Å². The number of ether oxygens (including phenoxy) is 1. The number of nitrogens with zero attached hydrogens (tertiary/aromatic N) is 1. The maximum Gasteiger partial charge on any atom is 0.305 e. The number of hydrogen-bond donors (Lipinski definition) is 2. The van der Waals surface area contributed by atoms with Crippen molar-refractivity contribution in [2.75, 3.05) is 6.61 Å². The largest absolute Gasteiger partial charge is 0.463 e. The molecule has 1 aromatic carbocycles. The van der Waals surface area contributed by atoms with E-state index in [1.807, 2.05) is 0 Å². The van der Waals surface area contributed by atoms with E-state index in [-0.39, 0.29) is 18.7 Å². The van der Waals surface area contributed by atoms with Gasteiger partial charge in [-0.05, 0) is 24.1 Å². The number of nitrogens with one attached hydrogen (secondary N) is 1. The van der Waals surface area contributed by atoms with Crippen LogP contribution in [0.4, 0.5) is 5.69 Å². The van der Waals surface area contributed by atoms with Crippen LogP contribution in [0.25, 0.3) is 0 Å². The van der Waals surface area contributed by atoms with Gasteiger partial charge in [0.25, 0.3) is 11.6 Å². The van der Waals surface area contributed by atoms with Gasteiger partial charge < -0.3 is 15.2 Å². The highest BCUT2D eigenvalue weighted by molar-refractivity contribution is 6.53. The first-order valence-corrected chi connectivity index (χ1v) is 8.30. The Hall–Kier alpha value is -1.90. The molecule has 0 aliphatic heterocycles. The molecule has 0 bridgehead atoms. The van der Waals surface area contributed by atoms with Crippen LogP contribution in [0.2, 0.25) is 0 Å². The summed E-state index contributed by atoms with van der Waals surface area (Å²) in [4.78, 5) is 31.9. The lowest BCUT2D eigenvalue weighted by molar-refractivity contribution is -0.384. The summed E-state index contributed by atoms with van der Waals surface area (Å²) in [5.74, 6) is -1.24. The van der Waals surface area contributed by atoms with Gasteiger partial charge >= 0.3 is 5.97 Å². The Labute approximate surface area is 154 Å². The van der Waals surface area contributed by atoms with Crippen molar-refractivity contribution in [3.05, 3.63) is 39.9 Å². The topological polar surface area (TPSA) is 119 Å². The molecule has 0 aliphatic rings. The number of benzene rings is 1. The molecule has 1 amide bonds. The number of aliphatic hydroxyl groups excluding tert-OH is 1. The van der Waals surface area contributed by atoms with Crippen molar-refractivity contribution in [1.29, 1.82) is 0 Å². The van der Waals surface area contributed by atoms with E-state index in [2.05, 4.69) is 5.32 Å². The van der Waals surface area contributed by atoms with Gasteiger partial charge in [-0.15, -0.1) is 0 Å². The first-order valence-electron chi connectivity index (χ1n) is 7.42. The van der Waals surface area contributed by atoms with Crippen LogP contribution in [0.3, 0.4) is 0 Å². The third-order valence-electron chi connectivity index (χ3n) is 3.23. The van der Waals surface area contributed by atoms with Gasteiger partial charge in [-0.2, -0.15) is 0 Å². The van der Waals surface area contributed by atoms with Crippen LogP contribution in [-0.2, 0) is 14.3 Å². The minimum absolute atomic E-state index is 0.146. The highest BCUT2D eigenvalue weighted by atomic mass is 35.5. The molecule has 0 saturated heterocycles. The first-order chi connectivity index (χ1) is 11.8. The molecule has 10 heteroatoms. The lowest BCUT2D eigenvalue weighted by Gasteiger charge is -2.24. The van der Waals surface area contributed by atoms with Crippen LogP contribution in [-0.4, -0.2) is 39.4 Å². The molecule has 0 aliphatic carbocycles. The predicted octanol–water partition coefficient (Wildman–Crippen LogP) is 2.26. The third-order valence-corrected chi connectivity index (χ3v) is 3.63. The molecule has 0 heterocycles. The van der Waals surface area contributed by atoms with Crippen molar-refractivity contribution in [2.24, 2.45) is 0 Å². The Kier molecular flexibility index (Phi) is 8.60. The molecule has 0 spiro atoms. The molecule has 8 nitrogen and oxygen atoms in total. The van der Waals surface area contributed by atoms with Gasteiger partial charge in [0.2, 0.25) is 0 Å². The number of carbonyl (C=O) groups is 2. The Balaban J connectivity index is 2.89. The quantitative estimate of drug-likeness (QED) is 0.287. The van der Waals surface area contributed by atoms with Gasteiger partial charge in [-0.25, -0.2) is 0 Å². The molecule has 2 N–H and O–H groups in total. The summed E-state index contributed by atoms with van der Waals surface area (Å²) < 4.78 is 5.02. The standard InChI is InChI=1S/C15H18Cl2N2O6/c1-2-3-12(20)25-8-11(18-15(22)14(16)17)13(21)9-4-6-10(7-5-9)19(23)24/h4-7,11,13-14,21H,2-3,8H2,1H3,(H,18,22)/t11-,13-/m1/s1/i12+2. The van der Waals surface area contributed by atoms with Gasteiger partial charge in [0, 0.05) is 18.6 Å². The normalized spacial score (nSPS) is 13.2. The summed E-state index contributed by atoms with van der Waals surface area (Å²) in [6.45, 7) is 1.50. The Morgan fingerprint density at radius 3 is 2.48 bits per heavy atom. The average Bonchev–Trinajstić information content (AvgIpc) is 2.57. The van der Waals surface area contributed by atoms with Gasteiger partial charge in [0.05, 0.1) is 11.0 Å². The summed E-state index contributed by atoms with van der Waals surface area (Å²) in [7, 11) is 0. The number of nitro benzene ring substituents is 1. The van der Waals surface area contributed by atoms with E-state index in [0.29, 0.717) is 12.0 Å². The van der Waals surface area contributed by atoms with Gasteiger partial charge in [0.1, 0.15) is 12.7 Å². The van der Waals surface area contributed by atoms with Crippen LogP contribution < -0.4 is 5.32 Å². The maximum absolute atomic E-state index is 11.7. The first kappa shape index (κ1) is 21.1. The number of non-ortho nitro benzene ring substituents is 1. The fraction of sp³-hybridized carbons (Fsp3) is 0.467. The Morgan fingerprint density at radius 1 is 1.40 bits per heavy atom. The van der Waals surface area contributed by atoms with E-state index in [0.717, 1.165) is 0 Å². The lowest BCUT2D eigenvalue weighted by atomic mass is 10.0. The Morgan fingerprint density at radius 2 is 2.00 bits per heavy atom. The van der Waals surface area contributed by atoms with E-state index in [1.165, 1.54) is 24.3 Å². The summed E-state index contributed by atoms with van der Waals surface area (Å²) in [6.07, 6.45) is -0.500. The van der Waals surface area contributed by atoms with E-state index >= 15 is 0 Å². The third kappa shape index (κ3) is 6.85. The molecular weight excluding hydrogens is 377 g/mol. The fourth-order valence-electron chi connectivity index (χ4n) is 1.94. The minimum atomic E-state index is -1.36. The van der Waals surface area contributed by atoms with Crippen molar-refractivity contribution in [3.8, 4) is 0 Å². The lowest BCUT2D eigenvalue weighted by Crippen LogP contribution is -2.45. The SMILES string of the molecule is CCC[14C](=O)OC[C@@H](NC(=O)C(Cl)Cl)[C@H](O)c1ccc([N+](=O)[O-])cc1. The smallest absolute Gasteiger partial charge is 0.305 e. The number of carbonyl (C=O) groups excluding carboxylic acids is 2. The number of alkyl halides is 2. The number of esters is 1. The molecular formula is C15H18Cl2N2O6. The van der Waals surface area contributed by atoms with E-state index in [9.17, 15) is 24.8 Å². The molecule has 0 unspecified atom stereocenters. The van der Waals surface area contributed by atoms with Crippen molar-refractivity contribution in [3.63, 3.8) is 0 Å². The number of hydrogen-bond acceptors (Lipinski definition) is 6. The van der Waals surface area contributed by atoms with Crippen molar-refractivity contribution < 1.29 is 24.4 Å². The van der Waals surface area contributed by atoms with Crippen LogP contribution in [0, 0.1) is 10.1 Å². The van der Waals surface area contributed by atoms with Crippen LogP contribution >= 0.6 is 23.2 Å². The highest BCUT2D eigenvalue weighted by Crippen LogP contribution is 2.21. The van der Waals surface area contributed by atoms with Crippen molar-refractivity contribution >= 4 is 40.8 Å². The average molecular weight is 395 g/mol. The molecule has 0 fully saturated rings. The van der Waals surface area contributed by atoms with Gasteiger partial charge in [-0.1, -0.05) is 30.1 Å². The zero-order valence-electron chi connectivity index (χ0n) is 13.4. The van der Waals surface area contributed by atoms with Crippen LogP contribution in [0.5, 0.6) is 0 Å². The van der Waals surface area contributed by atoms with Crippen molar-refractivity contribution in [2.45, 2.75) is 36.7 Å². The summed E-state index contributed by atoms with van der Waals surface area (Å²) in [5.41, 5.74) is 0.149. The molecule has 1 rings (SSSR count). The van der Waals surface area contributed by atoms with Gasteiger partial charge in [0.15, 0.2) is 4.84 Å². The van der Waals surface area contributed by atoms with Crippen molar-refractivity contribution in [1.82, 2.24) is 5.32 Å². The predicted molar refractivity (Wildman–Crippen MR) is 91.3 cm³/mol. The molecule has 25 heavy (non-hydrogen) atoms. The molecule has 0 aromatic heterocycles. The zero-order chi connectivity index (χ0) is 19.0.